The summed E-state index contributed by atoms with van der Waals surface area (Å²) < 4.78 is 11.4. The highest BCUT2D eigenvalue weighted by Crippen LogP contribution is 2.54. The summed E-state index contributed by atoms with van der Waals surface area (Å²) in [5.74, 6) is 0.873. The molecule has 1 N–H and O–H groups in total. The van der Waals surface area contributed by atoms with Gasteiger partial charge in [-0.15, -0.1) is 0 Å². The summed E-state index contributed by atoms with van der Waals surface area (Å²) in [6.45, 7) is 8.90. The van der Waals surface area contributed by atoms with Gasteiger partial charge in [-0.05, 0) is 58.1 Å². The summed E-state index contributed by atoms with van der Waals surface area (Å²) in [5.41, 5.74) is 3.67. The molecule has 1 aromatic carbocycles. The number of carbonyl (C=O) groups is 1. The van der Waals surface area contributed by atoms with Gasteiger partial charge >= 0.3 is 0 Å². The van der Waals surface area contributed by atoms with E-state index in [1.807, 2.05) is 6.07 Å². The third-order valence-corrected chi connectivity index (χ3v) is 7.23. The second-order valence-electron chi connectivity index (χ2n) is 10.2. The van der Waals surface area contributed by atoms with E-state index < -0.39 is 0 Å². The topological polar surface area (TPSA) is 75.8 Å². The monoisotopic (exact) mass is 452 g/mol. The normalized spacial score (nSPS) is 20.9. The van der Waals surface area contributed by atoms with Crippen LogP contribution in [0.3, 0.4) is 0 Å². The largest absolute Gasteiger partial charge is 0.507 e. The predicted molar refractivity (Wildman–Crippen MR) is 128 cm³/mol. The number of phenolic OH excluding ortho intramolecular Hbond substituents is 1. The molecule has 4 rings (SSSR count). The molecule has 33 heavy (non-hydrogen) atoms. The highest BCUT2D eigenvalue weighted by molar-refractivity contribution is 5.99. The molecule has 0 bridgehead atoms. The molecule has 0 spiro atoms. The third-order valence-electron chi connectivity index (χ3n) is 7.23. The van der Waals surface area contributed by atoms with Crippen LogP contribution in [0.15, 0.2) is 34.6 Å². The first-order valence-electron chi connectivity index (χ1n) is 12.1. The lowest BCUT2D eigenvalue weighted by molar-refractivity contribution is 0.0106. The van der Waals surface area contributed by atoms with Crippen molar-refractivity contribution in [2.75, 3.05) is 7.05 Å². The maximum Gasteiger partial charge on any atom is 0.258 e. The molecule has 0 saturated carbocycles. The molecule has 6 nitrogen and oxygen atoms in total. The minimum Gasteiger partial charge on any atom is -0.507 e. The average molecular weight is 453 g/mol. The molecule has 1 aromatic heterocycles. The fourth-order valence-corrected chi connectivity index (χ4v) is 5.44. The predicted octanol–water partition coefficient (Wildman–Crippen LogP) is 6.00. The molecule has 1 amide bonds. The van der Waals surface area contributed by atoms with Crippen molar-refractivity contribution in [2.24, 2.45) is 5.92 Å². The SMILES string of the molecule is CCCCCc1cc2c(c(O)c1C(=O)N(C)Cc1ccon1)C1C=C(C)CCC1C(C)(C)O2. The van der Waals surface area contributed by atoms with Gasteiger partial charge in [-0.1, -0.05) is 36.6 Å². The van der Waals surface area contributed by atoms with Gasteiger partial charge < -0.3 is 19.3 Å². The number of fused-ring (bicyclic) bond motifs is 3. The number of rotatable bonds is 7. The van der Waals surface area contributed by atoms with Crippen LogP contribution in [-0.4, -0.2) is 33.7 Å². The maximum atomic E-state index is 13.6. The number of aryl methyl sites for hydroxylation is 1. The van der Waals surface area contributed by atoms with Crippen LogP contribution in [0.5, 0.6) is 11.5 Å². The number of ether oxygens (including phenoxy) is 1. The van der Waals surface area contributed by atoms with E-state index in [0.717, 1.165) is 49.7 Å². The van der Waals surface area contributed by atoms with Gasteiger partial charge in [-0.3, -0.25) is 4.79 Å². The highest BCUT2D eigenvalue weighted by Gasteiger charge is 2.46. The van der Waals surface area contributed by atoms with Crippen LogP contribution < -0.4 is 4.74 Å². The second-order valence-corrected chi connectivity index (χ2v) is 10.2. The molecule has 2 heterocycles. The number of unbranched alkanes of at least 4 members (excludes halogenated alkanes) is 2. The van der Waals surface area contributed by atoms with Crippen molar-refractivity contribution in [2.45, 2.75) is 84.3 Å². The van der Waals surface area contributed by atoms with E-state index in [4.69, 9.17) is 9.26 Å². The van der Waals surface area contributed by atoms with E-state index >= 15 is 0 Å². The Balaban J connectivity index is 1.80. The van der Waals surface area contributed by atoms with Crippen LogP contribution in [0, 0.1) is 5.92 Å². The van der Waals surface area contributed by atoms with Crippen molar-refractivity contribution >= 4 is 5.91 Å². The van der Waals surface area contributed by atoms with Gasteiger partial charge in [0.15, 0.2) is 0 Å². The van der Waals surface area contributed by atoms with Crippen LogP contribution in [0.1, 0.15) is 92.9 Å². The molecule has 2 aromatic rings. The zero-order valence-electron chi connectivity index (χ0n) is 20.5. The van der Waals surface area contributed by atoms with E-state index in [9.17, 15) is 9.90 Å². The van der Waals surface area contributed by atoms with E-state index in [-0.39, 0.29) is 29.1 Å². The summed E-state index contributed by atoms with van der Waals surface area (Å²) in [6.07, 6.45) is 9.63. The molecule has 178 valence electrons. The summed E-state index contributed by atoms with van der Waals surface area (Å²) >= 11 is 0. The van der Waals surface area contributed by atoms with Gasteiger partial charge in [0.25, 0.3) is 5.91 Å². The third kappa shape index (κ3) is 4.53. The molecule has 2 unspecified atom stereocenters. The molecule has 0 fully saturated rings. The summed E-state index contributed by atoms with van der Waals surface area (Å²) in [7, 11) is 1.73. The molecule has 1 aliphatic heterocycles. The number of aromatic hydroxyl groups is 1. The number of nitrogens with zero attached hydrogens (tertiary/aromatic N) is 2. The minimum absolute atomic E-state index is 0.0367. The summed E-state index contributed by atoms with van der Waals surface area (Å²) in [5, 5.41) is 15.5. The van der Waals surface area contributed by atoms with Crippen LogP contribution in [0.4, 0.5) is 0 Å². The lowest BCUT2D eigenvalue weighted by Gasteiger charge is -2.46. The highest BCUT2D eigenvalue weighted by atomic mass is 16.5. The fraction of sp³-hybridized carbons (Fsp3) is 0.556. The molecule has 6 heteroatoms. The van der Waals surface area contributed by atoms with E-state index in [0.29, 0.717) is 23.6 Å². The number of aromatic nitrogens is 1. The van der Waals surface area contributed by atoms with Gasteiger partial charge in [-0.25, -0.2) is 0 Å². The van der Waals surface area contributed by atoms with Gasteiger partial charge in [-0.2, -0.15) is 0 Å². The first kappa shape index (κ1) is 23.4. The van der Waals surface area contributed by atoms with Crippen LogP contribution in [0.2, 0.25) is 0 Å². The lowest BCUT2D eigenvalue weighted by atomic mass is 9.67. The van der Waals surface area contributed by atoms with Crippen LogP contribution >= 0.6 is 0 Å². The van der Waals surface area contributed by atoms with Crippen molar-refractivity contribution < 1.29 is 19.2 Å². The van der Waals surface area contributed by atoms with Gasteiger partial charge in [0.1, 0.15) is 29.1 Å². The average Bonchev–Trinajstić information content (AvgIpc) is 3.25. The van der Waals surface area contributed by atoms with Crippen molar-refractivity contribution in [1.29, 1.82) is 0 Å². The van der Waals surface area contributed by atoms with Gasteiger partial charge in [0, 0.05) is 30.5 Å². The van der Waals surface area contributed by atoms with Gasteiger partial charge in [0.2, 0.25) is 0 Å². The number of hydrogen-bond donors (Lipinski definition) is 1. The van der Waals surface area contributed by atoms with Crippen molar-refractivity contribution in [3.05, 3.63) is 52.4 Å². The van der Waals surface area contributed by atoms with E-state index in [2.05, 4.69) is 38.9 Å². The second kappa shape index (κ2) is 9.24. The number of carbonyl (C=O) groups excluding carboxylic acids is 1. The Morgan fingerprint density at radius 2 is 2.12 bits per heavy atom. The van der Waals surface area contributed by atoms with Gasteiger partial charge in [0.05, 0.1) is 12.1 Å². The molecule has 1 aliphatic carbocycles. The Bertz CT molecular complexity index is 1040. The molecule has 2 atom stereocenters. The number of hydrogen-bond acceptors (Lipinski definition) is 5. The van der Waals surface area contributed by atoms with Crippen molar-refractivity contribution in [3.8, 4) is 11.5 Å². The first-order valence-corrected chi connectivity index (χ1v) is 12.1. The van der Waals surface area contributed by atoms with Crippen molar-refractivity contribution in [1.82, 2.24) is 10.1 Å². The number of phenols is 1. The summed E-state index contributed by atoms with van der Waals surface area (Å²) in [6, 6.07) is 3.76. The molecule has 0 radical (unpaired) electrons. The Kier molecular flexibility index (Phi) is 6.55. The zero-order valence-corrected chi connectivity index (χ0v) is 20.5. The first-order chi connectivity index (χ1) is 15.7. The minimum atomic E-state index is -0.336. The quantitative estimate of drug-likeness (QED) is 0.412. The Morgan fingerprint density at radius 1 is 1.33 bits per heavy atom. The Labute approximate surface area is 196 Å². The number of allylic oxidation sites excluding steroid dienone is 2. The Hall–Kier alpha value is -2.76. The zero-order chi connectivity index (χ0) is 23.8. The van der Waals surface area contributed by atoms with E-state index in [1.165, 1.54) is 11.8 Å². The van der Waals surface area contributed by atoms with Crippen LogP contribution in [0.25, 0.3) is 0 Å². The maximum absolute atomic E-state index is 13.6. The lowest BCUT2D eigenvalue weighted by Crippen LogP contribution is -2.45. The smallest absolute Gasteiger partial charge is 0.258 e. The molecular weight excluding hydrogens is 416 g/mol. The molecule has 0 saturated heterocycles. The Morgan fingerprint density at radius 3 is 2.82 bits per heavy atom. The summed E-state index contributed by atoms with van der Waals surface area (Å²) in [4.78, 5) is 15.2. The van der Waals surface area contributed by atoms with E-state index in [1.54, 1.807) is 18.0 Å². The number of benzene rings is 1. The molecular formula is C27H36N2O4. The fourth-order valence-electron chi connectivity index (χ4n) is 5.44. The van der Waals surface area contributed by atoms with Crippen molar-refractivity contribution in [3.63, 3.8) is 0 Å². The molecule has 2 aliphatic rings. The van der Waals surface area contributed by atoms with Crippen LogP contribution in [-0.2, 0) is 13.0 Å². The standard InChI is InChI=1S/C27H36N2O4/c1-6-7-8-9-18-15-22-24(20-14-17(2)10-11-21(20)27(3,4)33-22)25(30)23(18)26(31)29(5)16-19-12-13-32-28-19/h12-15,20-21,30H,6-11,16H2,1-5H3. The number of amides is 1.